The van der Waals surface area contributed by atoms with Gasteiger partial charge in [-0.3, -0.25) is 4.79 Å². The lowest BCUT2D eigenvalue weighted by Crippen LogP contribution is -2.51. The van der Waals surface area contributed by atoms with Crippen molar-refractivity contribution in [2.75, 3.05) is 12.4 Å². The van der Waals surface area contributed by atoms with Crippen molar-refractivity contribution in [2.45, 2.75) is 38.5 Å². The summed E-state index contributed by atoms with van der Waals surface area (Å²) in [5.41, 5.74) is 0.914. The van der Waals surface area contributed by atoms with Gasteiger partial charge in [0.15, 0.2) is 0 Å². The second-order valence-electron chi connectivity index (χ2n) is 7.74. The summed E-state index contributed by atoms with van der Waals surface area (Å²) >= 11 is 0. The lowest BCUT2D eigenvalue weighted by Gasteiger charge is -2.55. The third-order valence-corrected chi connectivity index (χ3v) is 6.13. The number of isocyanates is 1. The monoisotopic (exact) mass is 326 g/mol. The van der Waals surface area contributed by atoms with E-state index in [1.807, 2.05) is 0 Å². The predicted octanol–water partition coefficient (Wildman–Crippen LogP) is 3.82. The van der Waals surface area contributed by atoms with Gasteiger partial charge in [0.1, 0.15) is 5.75 Å². The van der Waals surface area contributed by atoms with Crippen molar-refractivity contribution >= 4 is 23.4 Å². The van der Waals surface area contributed by atoms with Gasteiger partial charge in [-0.1, -0.05) is 0 Å². The fourth-order valence-electron chi connectivity index (χ4n) is 5.55. The fraction of sp³-hybridized carbons (Fsp3) is 0.579. The molecule has 4 bridgehead atoms. The number of benzene rings is 1. The number of anilines is 1. The van der Waals surface area contributed by atoms with Crippen molar-refractivity contribution in [1.29, 1.82) is 0 Å². The first kappa shape index (κ1) is 15.4. The molecule has 0 atom stereocenters. The largest absolute Gasteiger partial charge is 0.494 e. The number of nitrogens with zero attached hydrogens (tertiary/aromatic N) is 1. The molecule has 0 aromatic heterocycles. The molecule has 24 heavy (non-hydrogen) atoms. The van der Waals surface area contributed by atoms with Gasteiger partial charge in [0, 0.05) is 6.07 Å². The molecule has 126 valence electrons. The summed E-state index contributed by atoms with van der Waals surface area (Å²) in [7, 11) is 1.55. The van der Waals surface area contributed by atoms with Crippen LogP contribution >= 0.6 is 0 Å². The zero-order valence-corrected chi connectivity index (χ0v) is 13.9. The maximum Gasteiger partial charge on any atom is 0.240 e. The average Bonchev–Trinajstić information content (AvgIpc) is 2.55. The number of amides is 1. The van der Waals surface area contributed by atoms with E-state index in [4.69, 9.17) is 4.74 Å². The zero-order chi connectivity index (χ0) is 16.7. The first-order chi connectivity index (χ1) is 11.6. The van der Waals surface area contributed by atoms with Crippen LogP contribution in [0.1, 0.15) is 38.5 Å². The van der Waals surface area contributed by atoms with Crippen LogP contribution in [0.15, 0.2) is 23.2 Å². The van der Waals surface area contributed by atoms with Crippen molar-refractivity contribution in [1.82, 2.24) is 0 Å². The zero-order valence-electron chi connectivity index (χ0n) is 13.9. The Bertz CT molecular complexity index is 686. The van der Waals surface area contributed by atoms with Crippen LogP contribution in [-0.4, -0.2) is 19.1 Å². The summed E-state index contributed by atoms with van der Waals surface area (Å²) in [5, 5.41) is 3.08. The van der Waals surface area contributed by atoms with Gasteiger partial charge >= 0.3 is 0 Å². The normalized spacial score (nSPS) is 33.0. The van der Waals surface area contributed by atoms with Gasteiger partial charge in [0.2, 0.25) is 12.0 Å². The van der Waals surface area contributed by atoms with Crippen molar-refractivity contribution in [3.05, 3.63) is 18.2 Å². The number of carbonyl (C=O) groups is 1. The summed E-state index contributed by atoms with van der Waals surface area (Å²) in [4.78, 5) is 27.1. The highest BCUT2D eigenvalue weighted by atomic mass is 16.5. The van der Waals surface area contributed by atoms with Crippen molar-refractivity contribution < 1.29 is 14.3 Å². The molecule has 4 aliphatic rings. The summed E-state index contributed by atoms with van der Waals surface area (Å²) < 4.78 is 5.35. The number of hydrogen-bond acceptors (Lipinski definition) is 4. The first-order valence-corrected chi connectivity index (χ1v) is 8.69. The van der Waals surface area contributed by atoms with E-state index in [-0.39, 0.29) is 11.3 Å². The Labute approximate surface area is 141 Å². The average molecular weight is 326 g/mol. The van der Waals surface area contributed by atoms with Crippen LogP contribution < -0.4 is 10.1 Å². The van der Waals surface area contributed by atoms with Gasteiger partial charge in [-0.05, 0) is 68.4 Å². The minimum atomic E-state index is -0.195. The highest BCUT2D eigenvalue weighted by Gasteiger charge is 2.54. The number of hydrogen-bond donors (Lipinski definition) is 1. The summed E-state index contributed by atoms with van der Waals surface area (Å²) in [6.45, 7) is 0. The van der Waals surface area contributed by atoms with Gasteiger partial charge in [0.05, 0.1) is 23.9 Å². The molecule has 0 saturated heterocycles. The lowest BCUT2D eigenvalue weighted by atomic mass is 9.49. The van der Waals surface area contributed by atoms with E-state index >= 15 is 0 Å². The number of rotatable bonds is 4. The third kappa shape index (κ3) is 2.53. The fourth-order valence-corrected chi connectivity index (χ4v) is 5.55. The molecule has 5 heteroatoms. The van der Waals surface area contributed by atoms with Crippen LogP contribution in [-0.2, 0) is 9.59 Å². The van der Waals surface area contributed by atoms with Crippen LogP contribution in [0.25, 0.3) is 0 Å². The highest BCUT2D eigenvalue weighted by Crippen LogP contribution is 2.60. The first-order valence-electron chi connectivity index (χ1n) is 8.69. The van der Waals surface area contributed by atoms with E-state index in [1.165, 1.54) is 25.3 Å². The van der Waals surface area contributed by atoms with Crippen LogP contribution in [0.4, 0.5) is 11.4 Å². The number of methoxy groups -OCH3 is 1. The smallest absolute Gasteiger partial charge is 0.240 e. The number of aliphatic imine (C=N–C) groups is 1. The van der Waals surface area contributed by atoms with Crippen molar-refractivity contribution in [3.8, 4) is 5.75 Å². The molecule has 1 amide bonds. The quantitative estimate of drug-likeness (QED) is 0.675. The topological polar surface area (TPSA) is 67.8 Å². The van der Waals surface area contributed by atoms with E-state index in [0.29, 0.717) is 17.1 Å². The molecular weight excluding hydrogens is 304 g/mol. The molecule has 0 unspecified atom stereocenters. The second-order valence-corrected chi connectivity index (χ2v) is 7.74. The summed E-state index contributed by atoms with van der Waals surface area (Å²) in [6, 6.07) is 5.07. The molecule has 1 aromatic carbocycles. The molecule has 4 saturated carbocycles. The SMILES string of the molecule is COc1cc(N=C=O)ccc1NC(=O)C12CC3CC(CC(C3)C1)C2. The van der Waals surface area contributed by atoms with E-state index in [0.717, 1.165) is 37.0 Å². The van der Waals surface area contributed by atoms with Crippen LogP contribution in [0.2, 0.25) is 0 Å². The Balaban J connectivity index is 1.57. The molecule has 0 spiro atoms. The molecule has 4 aliphatic carbocycles. The third-order valence-electron chi connectivity index (χ3n) is 6.13. The van der Waals surface area contributed by atoms with E-state index in [2.05, 4.69) is 10.3 Å². The number of ether oxygens (including phenoxy) is 1. The maximum absolute atomic E-state index is 13.1. The number of carbonyl (C=O) groups excluding carboxylic acids is 2. The molecule has 5 nitrogen and oxygen atoms in total. The molecular formula is C19H22N2O3. The van der Waals surface area contributed by atoms with Gasteiger partial charge in [0.25, 0.3) is 0 Å². The predicted molar refractivity (Wildman–Crippen MR) is 90.0 cm³/mol. The van der Waals surface area contributed by atoms with Gasteiger partial charge < -0.3 is 10.1 Å². The second kappa shape index (κ2) is 5.75. The molecule has 1 aromatic rings. The molecule has 5 rings (SSSR count). The van der Waals surface area contributed by atoms with Gasteiger partial charge in [-0.15, -0.1) is 0 Å². The minimum Gasteiger partial charge on any atom is -0.494 e. The Morgan fingerprint density at radius 3 is 2.38 bits per heavy atom. The molecule has 0 radical (unpaired) electrons. The number of nitrogens with one attached hydrogen (secondary N) is 1. The standard InChI is InChI=1S/C19H22N2O3/c1-24-17-7-15(20-11-22)2-3-16(17)21-18(23)19-8-12-4-13(9-19)6-14(5-12)10-19/h2-3,7,12-14H,4-6,8-10H2,1H3,(H,21,23). The van der Waals surface area contributed by atoms with Crippen molar-refractivity contribution in [2.24, 2.45) is 28.2 Å². The van der Waals surface area contributed by atoms with E-state index < -0.39 is 0 Å². The lowest BCUT2D eigenvalue weighted by molar-refractivity contribution is -0.140. The van der Waals surface area contributed by atoms with Gasteiger partial charge in [-0.25, -0.2) is 4.79 Å². The molecule has 1 N–H and O–H groups in total. The van der Waals surface area contributed by atoms with Crippen LogP contribution in [0.3, 0.4) is 0 Å². The summed E-state index contributed by atoms with van der Waals surface area (Å²) in [6.07, 6.45) is 8.54. The minimum absolute atomic E-state index is 0.131. The maximum atomic E-state index is 13.1. The van der Waals surface area contributed by atoms with Crippen molar-refractivity contribution in [3.63, 3.8) is 0 Å². The highest BCUT2D eigenvalue weighted by molar-refractivity contribution is 5.97. The Morgan fingerprint density at radius 2 is 1.83 bits per heavy atom. The Hall–Kier alpha value is -2.13. The molecule has 0 aliphatic heterocycles. The van der Waals surface area contributed by atoms with E-state index in [9.17, 15) is 9.59 Å². The Kier molecular flexibility index (Phi) is 3.69. The summed E-state index contributed by atoms with van der Waals surface area (Å²) in [5.74, 6) is 2.84. The Morgan fingerprint density at radius 1 is 1.21 bits per heavy atom. The molecule has 0 heterocycles. The van der Waals surface area contributed by atoms with Gasteiger partial charge in [-0.2, -0.15) is 4.99 Å². The van der Waals surface area contributed by atoms with Crippen LogP contribution in [0, 0.1) is 23.2 Å². The van der Waals surface area contributed by atoms with E-state index in [1.54, 1.807) is 25.3 Å². The van der Waals surface area contributed by atoms with Crippen LogP contribution in [0.5, 0.6) is 5.75 Å². The molecule has 4 fully saturated rings.